The van der Waals surface area contributed by atoms with Gasteiger partial charge in [0, 0.05) is 28.0 Å². The molecule has 2 aromatic rings. The topological polar surface area (TPSA) is 55.1 Å². The molecule has 2 aromatic carbocycles. The van der Waals surface area contributed by atoms with E-state index < -0.39 is 0 Å². The zero-order chi connectivity index (χ0) is 14.7. The van der Waals surface area contributed by atoms with Crippen LogP contribution in [0.1, 0.15) is 35.8 Å². The van der Waals surface area contributed by atoms with Gasteiger partial charge in [0.15, 0.2) is 5.78 Å². The first kappa shape index (κ1) is 14.4. The lowest BCUT2D eigenvalue weighted by atomic mass is 10.1. The highest BCUT2D eigenvalue weighted by Gasteiger charge is 2.09. The summed E-state index contributed by atoms with van der Waals surface area (Å²) in [6, 6.07) is 13.1. The van der Waals surface area contributed by atoms with Gasteiger partial charge in [0.25, 0.3) is 0 Å². The van der Waals surface area contributed by atoms with Gasteiger partial charge in [-0.05, 0) is 49.7 Å². The maximum atomic E-state index is 11.5. The Morgan fingerprint density at radius 1 is 1.25 bits per heavy atom. The molecule has 3 nitrogen and oxygen atoms in total. The number of hydrogen-bond donors (Lipinski definition) is 2. The highest BCUT2D eigenvalue weighted by atomic mass is 35.5. The average Bonchev–Trinajstić information content (AvgIpc) is 2.40. The lowest BCUT2D eigenvalue weighted by Crippen LogP contribution is -2.08. The van der Waals surface area contributed by atoms with Gasteiger partial charge in [-0.25, -0.2) is 0 Å². The number of nitrogens with one attached hydrogen (secondary N) is 1. The van der Waals surface area contributed by atoms with Gasteiger partial charge in [0.1, 0.15) is 0 Å². The molecule has 0 heterocycles. The first-order valence-electron chi connectivity index (χ1n) is 6.40. The summed E-state index contributed by atoms with van der Waals surface area (Å²) >= 11 is 5.99. The van der Waals surface area contributed by atoms with Crippen molar-refractivity contribution in [1.82, 2.24) is 0 Å². The van der Waals surface area contributed by atoms with E-state index >= 15 is 0 Å². The Kier molecular flexibility index (Phi) is 4.30. The van der Waals surface area contributed by atoms with Gasteiger partial charge in [-0.15, -0.1) is 0 Å². The van der Waals surface area contributed by atoms with E-state index in [1.165, 1.54) is 6.92 Å². The third kappa shape index (κ3) is 3.31. The van der Waals surface area contributed by atoms with Crippen molar-refractivity contribution < 1.29 is 4.79 Å². The van der Waals surface area contributed by atoms with Crippen LogP contribution in [-0.4, -0.2) is 5.78 Å². The summed E-state index contributed by atoms with van der Waals surface area (Å²) in [4.78, 5) is 11.5. The first-order valence-corrected chi connectivity index (χ1v) is 6.77. The summed E-state index contributed by atoms with van der Waals surface area (Å²) in [5.74, 6) is -0.0402. The van der Waals surface area contributed by atoms with Gasteiger partial charge in [-0.1, -0.05) is 23.7 Å². The summed E-state index contributed by atoms with van der Waals surface area (Å²) in [6.07, 6.45) is 0. The fourth-order valence-corrected chi connectivity index (χ4v) is 2.26. The maximum absolute atomic E-state index is 11.5. The molecule has 0 amide bonds. The number of hydrogen-bond acceptors (Lipinski definition) is 3. The van der Waals surface area contributed by atoms with Crippen molar-refractivity contribution in [2.75, 3.05) is 11.1 Å². The summed E-state index contributed by atoms with van der Waals surface area (Å²) in [7, 11) is 0. The average molecular weight is 289 g/mol. The van der Waals surface area contributed by atoms with Crippen LogP contribution in [0.15, 0.2) is 42.5 Å². The third-order valence-corrected chi connectivity index (χ3v) is 3.40. The zero-order valence-electron chi connectivity index (χ0n) is 11.5. The monoisotopic (exact) mass is 288 g/mol. The minimum atomic E-state index is -0.0402. The maximum Gasteiger partial charge on any atom is 0.161 e. The molecular weight excluding hydrogens is 272 g/mol. The summed E-state index contributed by atoms with van der Waals surface area (Å²) in [6.45, 7) is 3.55. The predicted molar refractivity (Wildman–Crippen MR) is 84.3 cm³/mol. The Morgan fingerprint density at radius 3 is 2.65 bits per heavy atom. The number of halogens is 1. The van der Waals surface area contributed by atoms with Crippen LogP contribution in [0.5, 0.6) is 0 Å². The van der Waals surface area contributed by atoms with E-state index in [2.05, 4.69) is 5.32 Å². The molecule has 0 radical (unpaired) electrons. The molecule has 0 aliphatic rings. The van der Waals surface area contributed by atoms with Crippen LogP contribution in [-0.2, 0) is 0 Å². The lowest BCUT2D eigenvalue weighted by molar-refractivity contribution is 0.101. The Hall–Kier alpha value is -2.00. The number of carbonyl (C=O) groups is 1. The SMILES string of the molecule is CC(=O)c1cc(NC(C)c2cccc(Cl)c2)ccc1N. The van der Waals surface area contributed by atoms with Crippen molar-refractivity contribution in [3.8, 4) is 0 Å². The Labute approximate surface area is 123 Å². The zero-order valence-corrected chi connectivity index (χ0v) is 12.2. The molecule has 0 saturated carbocycles. The number of benzene rings is 2. The second-order valence-corrected chi connectivity index (χ2v) is 5.22. The van der Waals surface area contributed by atoms with Crippen molar-refractivity contribution in [3.63, 3.8) is 0 Å². The molecule has 0 aromatic heterocycles. The van der Waals surface area contributed by atoms with Gasteiger partial charge >= 0.3 is 0 Å². The van der Waals surface area contributed by atoms with Crippen LogP contribution < -0.4 is 11.1 Å². The van der Waals surface area contributed by atoms with Gasteiger partial charge in [-0.2, -0.15) is 0 Å². The molecule has 0 saturated heterocycles. The molecule has 0 fully saturated rings. The van der Waals surface area contributed by atoms with Crippen LogP contribution in [0.2, 0.25) is 5.02 Å². The van der Waals surface area contributed by atoms with Gasteiger partial charge in [0.05, 0.1) is 0 Å². The first-order chi connectivity index (χ1) is 9.47. The highest BCUT2D eigenvalue weighted by Crippen LogP contribution is 2.24. The lowest BCUT2D eigenvalue weighted by Gasteiger charge is -2.17. The molecule has 3 N–H and O–H groups in total. The van der Waals surface area contributed by atoms with Crippen molar-refractivity contribution in [3.05, 3.63) is 58.6 Å². The molecule has 104 valence electrons. The summed E-state index contributed by atoms with van der Waals surface area (Å²) < 4.78 is 0. The Bertz CT molecular complexity index is 640. The van der Waals surface area contributed by atoms with E-state index in [1.807, 2.05) is 37.3 Å². The highest BCUT2D eigenvalue weighted by molar-refractivity contribution is 6.30. The Morgan fingerprint density at radius 2 is 2.00 bits per heavy atom. The van der Waals surface area contributed by atoms with Crippen LogP contribution >= 0.6 is 11.6 Å². The van der Waals surface area contributed by atoms with E-state index in [-0.39, 0.29) is 11.8 Å². The largest absolute Gasteiger partial charge is 0.398 e. The van der Waals surface area contributed by atoms with Crippen molar-refractivity contribution in [2.24, 2.45) is 0 Å². The molecule has 1 atom stereocenters. The van der Waals surface area contributed by atoms with Gasteiger partial charge in [0.2, 0.25) is 0 Å². The molecule has 4 heteroatoms. The van der Waals surface area contributed by atoms with Crippen LogP contribution in [0, 0.1) is 0 Å². The molecule has 2 rings (SSSR count). The summed E-state index contributed by atoms with van der Waals surface area (Å²) in [5, 5.41) is 4.05. The molecule has 20 heavy (non-hydrogen) atoms. The van der Waals surface area contributed by atoms with Crippen molar-refractivity contribution in [1.29, 1.82) is 0 Å². The molecule has 0 bridgehead atoms. The van der Waals surface area contributed by atoms with E-state index in [1.54, 1.807) is 12.1 Å². The summed E-state index contributed by atoms with van der Waals surface area (Å²) in [5.41, 5.74) is 8.76. The number of nitrogens with two attached hydrogens (primary N) is 1. The number of anilines is 2. The van der Waals surface area contributed by atoms with Gasteiger partial charge < -0.3 is 11.1 Å². The fraction of sp³-hybridized carbons (Fsp3) is 0.188. The number of rotatable bonds is 4. The van der Waals surface area contributed by atoms with Crippen molar-refractivity contribution in [2.45, 2.75) is 19.9 Å². The predicted octanol–water partition coefficient (Wildman–Crippen LogP) is 4.30. The van der Waals surface area contributed by atoms with Gasteiger partial charge in [-0.3, -0.25) is 4.79 Å². The fourth-order valence-electron chi connectivity index (χ4n) is 2.06. The van der Waals surface area contributed by atoms with Crippen LogP contribution in [0.4, 0.5) is 11.4 Å². The number of ketones is 1. The second kappa shape index (κ2) is 5.97. The van der Waals surface area contributed by atoms with Crippen LogP contribution in [0.25, 0.3) is 0 Å². The molecule has 0 aliphatic carbocycles. The second-order valence-electron chi connectivity index (χ2n) is 4.78. The number of carbonyl (C=O) groups excluding carboxylic acids is 1. The molecular formula is C16H17ClN2O. The smallest absolute Gasteiger partial charge is 0.161 e. The van der Waals surface area contributed by atoms with E-state index in [4.69, 9.17) is 17.3 Å². The normalized spacial score (nSPS) is 11.9. The van der Waals surface area contributed by atoms with Crippen molar-refractivity contribution >= 4 is 28.8 Å². The van der Waals surface area contributed by atoms with E-state index in [0.717, 1.165) is 11.3 Å². The van der Waals surface area contributed by atoms with E-state index in [0.29, 0.717) is 16.3 Å². The standard InChI is InChI=1S/C16H17ClN2O/c1-10(12-4-3-5-13(17)8-12)19-14-6-7-16(18)15(9-14)11(2)20/h3-10,19H,18H2,1-2H3. The van der Waals surface area contributed by atoms with E-state index in [9.17, 15) is 4.79 Å². The quantitative estimate of drug-likeness (QED) is 0.651. The molecule has 1 unspecified atom stereocenters. The Balaban J connectivity index is 2.22. The minimum absolute atomic E-state index is 0.0402. The molecule has 0 spiro atoms. The molecule has 0 aliphatic heterocycles. The minimum Gasteiger partial charge on any atom is -0.398 e. The number of Topliss-reactive ketones (excluding diaryl/α,β-unsaturated/α-hetero) is 1. The third-order valence-electron chi connectivity index (χ3n) is 3.16. The number of nitrogen functional groups attached to an aromatic ring is 1. The van der Waals surface area contributed by atoms with Crippen LogP contribution in [0.3, 0.4) is 0 Å².